The maximum atomic E-state index is 11.3. The average molecular weight is 354 g/mol. The van der Waals surface area contributed by atoms with Crippen molar-refractivity contribution in [3.63, 3.8) is 0 Å². The van der Waals surface area contributed by atoms with Gasteiger partial charge in [0.15, 0.2) is 0 Å². The summed E-state index contributed by atoms with van der Waals surface area (Å²) in [5.74, 6) is 0.778. The van der Waals surface area contributed by atoms with Crippen molar-refractivity contribution in [1.82, 2.24) is 21.3 Å². The lowest BCUT2D eigenvalue weighted by Gasteiger charge is -2.37. The van der Waals surface area contributed by atoms with Gasteiger partial charge in [-0.2, -0.15) is 0 Å². The van der Waals surface area contributed by atoms with E-state index in [0.717, 1.165) is 31.1 Å². The van der Waals surface area contributed by atoms with E-state index in [-0.39, 0.29) is 5.91 Å². The van der Waals surface area contributed by atoms with Gasteiger partial charge >= 0.3 is 0 Å². The number of carbonyl (C=O) groups excluding carboxylic acids is 1. The van der Waals surface area contributed by atoms with Crippen LogP contribution in [0.5, 0.6) is 0 Å². The molecule has 0 aromatic heterocycles. The first-order valence-corrected chi connectivity index (χ1v) is 9.60. The maximum Gasteiger partial charge on any atom is 0.217 e. The Morgan fingerprint density at radius 1 is 1.23 bits per heavy atom. The smallest absolute Gasteiger partial charge is 0.217 e. The van der Waals surface area contributed by atoms with Gasteiger partial charge in [0.2, 0.25) is 5.91 Å². The summed E-state index contributed by atoms with van der Waals surface area (Å²) in [7, 11) is 0. The van der Waals surface area contributed by atoms with Gasteiger partial charge in [0.25, 0.3) is 0 Å². The Balaban J connectivity index is 1.72. The van der Waals surface area contributed by atoms with E-state index in [1.807, 2.05) is 18.3 Å². The second kappa shape index (κ2) is 9.01. The zero-order valence-electron chi connectivity index (χ0n) is 15.6. The third kappa shape index (κ3) is 4.96. The fourth-order valence-electron chi connectivity index (χ4n) is 3.70. The molecule has 3 rings (SSSR count). The van der Waals surface area contributed by atoms with E-state index in [2.05, 4.69) is 51.6 Å². The van der Waals surface area contributed by atoms with Gasteiger partial charge in [0.1, 0.15) is 5.66 Å². The lowest BCUT2D eigenvalue weighted by Crippen LogP contribution is -2.52. The predicted octanol–water partition coefficient (Wildman–Crippen LogP) is 2.00. The Morgan fingerprint density at radius 2 is 2.00 bits per heavy atom. The molecule has 2 aliphatic heterocycles. The zero-order valence-corrected chi connectivity index (χ0v) is 15.6. The molecule has 4 N–H and O–H groups in total. The Kier molecular flexibility index (Phi) is 6.47. The largest absolute Gasteiger partial charge is 0.366 e. The van der Waals surface area contributed by atoms with Crippen LogP contribution in [0, 0.1) is 5.92 Å². The van der Waals surface area contributed by atoms with Crippen LogP contribution < -0.4 is 21.3 Å². The third-order valence-corrected chi connectivity index (χ3v) is 5.20. The Bertz CT molecular complexity index is 649. The fourth-order valence-corrected chi connectivity index (χ4v) is 3.70. The first-order chi connectivity index (χ1) is 12.7. The molecule has 2 heterocycles. The van der Waals surface area contributed by atoms with Crippen LogP contribution in [0.2, 0.25) is 0 Å². The summed E-state index contributed by atoms with van der Waals surface area (Å²) >= 11 is 0. The second-order valence-corrected chi connectivity index (χ2v) is 7.19. The Hall–Kier alpha value is -2.11. The van der Waals surface area contributed by atoms with Crippen molar-refractivity contribution in [3.8, 4) is 0 Å². The topological polar surface area (TPSA) is 65.2 Å². The van der Waals surface area contributed by atoms with Crippen molar-refractivity contribution in [2.75, 3.05) is 26.2 Å². The molecule has 5 nitrogen and oxygen atoms in total. The molecule has 1 fully saturated rings. The molecule has 1 aromatic rings. The van der Waals surface area contributed by atoms with Crippen LogP contribution in [0.4, 0.5) is 0 Å². The molecule has 0 bridgehead atoms. The van der Waals surface area contributed by atoms with E-state index >= 15 is 0 Å². The normalized spacial score (nSPS) is 23.2. The summed E-state index contributed by atoms with van der Waals surface area (Å²) in [5, 5.41) is 13.6. The molecule has 1 atom stereocenters. The number of hydrogen-bond donors (Lipinski definition) is 4. The van der Waals surface area contributed by atoms with Gasteiger partial charge in [-0.05, 0) is 74.3 Å². The highest BCUT2D eigenvalue weighted by molar-refractivity contribution is 5.73. The average Bonchev–Trinajstić information content (AvgIpc) is 2.68. The molecular weight excluding hydrogens is 324 g/mol. The lowest BCUT2D eigenvalue weighted by molar-refractivity contribution is -0.118. The minimum Gasteiger partial charge on any atom is -0.366 e. The number of nitrogens with one attached hydrogen (secondary N) is 4. The molecule has 2 aliphatic rings. The standard InChI is InChI=1S/C21H30N4O/c1-17(26)23-16-19-10-14-25-21(15-19,20-5-3-2-4-6-20)24-13-9-18-7-11-22-12-8-18/h2-6,10,14-15,18,22,24-25H,7-9,11-13,16H2,1H3,(H,23,26). The summed E-state index contributed by atoms with van der Waals surface area (Å²) in [5.41, 5.74) is 1.84. The molecule has 0 radical (unpaired) electrons. The Labute approximate surface area is 156 Å². The number of piperidine rings is 1. The molecule has 1 amide bonds. The molecule has 5 heteroatoms. The van der Waals surface area contributed by atoms with Gasteiger partial charge in [-0.1, -0.05) is 30.3 Å². The van der Waals surface area contributed by atoms with Crippen LogP contribution >= 0.6 is 0 Å². The van der Waals surface area contributed by atoms with Crippen molar-refractivity contribution in [1.29, 1.82) is 0 Å². The van der Waals surface area contributed by atoms with Crippen molar-refractivity contribution in [2.24, 2.45) is 5.92 Å². The van der Waals surface area contributed by atoms with E-state index in [0.29, 0.717) is 6.54 Å². The van der Waals surface area contributed by atoms with Crippen molar-refractivity contribution < 1.29 is 4.79 Å². The molecule has 1 aromatic carbocycles. The van der Waals surface area contributed by atoms with Crippen molar-refractivity contribution in [3.05, 3.63) is 59.8 Å². The van der Waals surface area contributed by atoms with Gasteiger partial charge < -0.3 is 16.0 Å². The first-order valence-electron chi connectivity index (χ1n) is 9.60. The van der Waals surface area contributed by atoms with Gasteiger partial charge in [-0.3, -0.25) is 10.1 Å². The summed E-state index contributed by atoms with van der Waals surface area (Å²) in [6, 6.07) is 10.4. The molecule has 0 aliphatic carbocycles. The highest BCUT2D eigenvalue weighted by Gasteiger charge is 2.30. The van der Waals surface area contributed by atoms with Crippen molar-refractivity contribution >= 4 is 5.91 Å². The van der Waals surface area contributed by atoms with E-state index in [9.17, 15) is 4.79 Å². The number of benzene rings is 1. The first kappa shape index (κ1) is 18.7. The molecule has 1 unspecified atom stereocenters. The summed E-state index contributed by atoms with van der Waals surface area (Å²) in [6.07, 6.45) is 9.89. The van der Waals surface area contributed by atoms with Crippen LogP contribution in [0.15, 0.2) is 54.3 Å². The number of rotatable bonds is 7. The van der Waals surface area contributed by atoms with Crippen LogP contribution in [0.3, 0.4) is 0 Å². The molecule has 0 spiro atoms. The SMILES string of the molecule is CC(=O)NCC1=CC(NCCC2CCNCC2)(c2ccccc2)NC=C1. The van der Waals surface area contributed by atoms with Crippen LogP contribution in [-0.4, -0.2) is 32.1 Å². The second-order valence-electron chi connectivity index (χ2n) is 7.19. The van der Waals surface area contributed by atoms with Gasteiger partial charge in [0.05, 0.1) is 0 Å². The van der Waals surface area contributed by atoms with Gasteiger partial charge in [0, 0.05) is 13.5 Å². The molecule has 26 heavy (non-hydrogen) atoms. The van der Waals surface area contributed by atoms with E-state index < -0.39 is 5.66 Å². The number of carbonyl (C=O) groups is 1. The molecule has 0 saturated carbocycles. The van der Waals surface area contributed by atoms with E-state index in [4.69, 9.17) is 0 Å². The highest BCUT2D eigenvalue weighted by Crippen LogP contribution is 2.25. The fraction of sp³-hybridized carbons (Fsp3) is 0.476. The quantitative estimate of drug-likeness (QED) is 0.605. The molecule has 140 valence electrons. The summed E-state index contributed by atoms with van der Waals surface area (Å²) in [6.45, 7) is 5.31. The minimum absolute atomic E-state index is 0.0120. The number of hydrogen-bond acceptors (Lipinski definition) is 4. The van der Waals surface area contributed by atoms with Crippen LogP contribution in [-0.2, 0) is 10.5 Å². The monoisotopic (exact) mass is 354 g/mol. The van der Waals surface area contributed by atoms with Gasteiger partial charge in [-0.15, -0.1) is 0 Å². The zero-order chi connectivity index (χ0) is 18.2. The Morgan fingerprint density at radius 3 is 2.73 bits per heavy atom. The summed E-state index contributed by atoms with van der Waals surface area (Å²) < 4.78 is 0. The van der Waals surface area contributed by atoms with Gasteiger partial charge in [-0.25, -0.2) is 0 Å². The lowest BCUT2D eigenvalue weighted by atomic mass is 9.92. The van der Waals surface area contributed by atoms with Crippen LogP contribution in [0.1, 0.15) is 31.7 Å². The van der Waals surface area contributed by atoms with Crippen molar-refractivity contribution in [2.45, 2.75) is 31.8 Å². The predicted molar refractivity (Wildman–Crippen MR) is 105 cm³/mol. The molecule has 1 saturated heterocycles. The highest BCUT2D eigenvalue weighted by atomic mass is 16.1. The summed E-state index contributed by atoms with van der Waals surface area (Å²) in [4.78, 5) is 11.3. The molecular formula is C21H30N4O. The van der Waals surface area contributed by atoms with E-state index in [1.54, 1.807) is 6.92 Å². The van der Waals surface area contributed by atoms with E-state index in [1.165, 1.54) is 24.8 Å². The minimum atomic E-state index is -0.434. The van der Waals surface area contributed by atoms with Crippen LogP contribution in [0.25, 0.3) is 0 Å². The third-order valence-electron chi connectivity index (χ3n) is 5.20. The maximum absolute atomic E-state index is 11.3. The number of amides is 1. The number of dihydropyridines is 1.